The fraction of sp³-hybridized carbons (Fsp3) is 0.700. The van der Waals surface area contributed by atoms with Gasteiger partial charge < -0.3 is 4.90 Å². The summed E-state index contributed by atoms with van der Waals surface area (Å²) in [4.78, 5) is 6.52. The highest BCUT2D eigenvalue weighted by Crippen LogP contribution is 2.07. The summed E-state index contributed by atoms with van der Waals surface area (Å²) in [6, 6.07) is 0.500. The molecule has 0 aromatic rings. The summed E-state index contributed by atoms with van der Waals surface area (Å²) in [6.45, 7) is 8.46. The third kappa shape index (κ3) is 4.76. The summed E-state index contributed by atoms with van der Waals surface area (Å²) in [5, 5.41) is 0. The van der Waals surface area contributed by atoms with Crippen molar-refractivity contribution in [2.75, 3.05) is 12.3 Å². The van der Waals surface area contributed by atoms with Crippen molar-refractivity contribution in [3.05, 3.63) is 11.8 Å². The fourth-order valence-corrected chi connectivity index (χ4v) is 2.13. The van der Waals surface area contributed by atoms with E-state index in [9.17, 15) is 0 Å². The molecule has 0 aromatic heterocycles. The second kappa shape index (κ2) is 7.00. The highest BCUT2D eigenvalue weighted by atomic mass is 28.1. The van der Waals surface area contributed by atoms with E-state index in [1.807, 2.05) is 6.92 Å². The third-order valence-corrected chi connectivity index (χ3v) is 2.49. The molecule has 0 aromatic carbocycles. The summed E-state index contributed by atoms with van der Waals surface area (Å²) >= 11 is 0. The highest BCUT2D eigenvalue weighted by Gasteiger charge is 2.06. The van der Waals surface area contributed by atoms with Gasteiger partial charge in [0, 0.05) is 29.8 Å². The van der Waals surface area contributed by atoms with Gasteiger partial charge in [0.2, 0.25) is 0 Å². The lowest BCUT2D eigenvalue weighted by Gasteiger charge is -2.28. The Morgan fingerprint density at radius 2 is 1.93 bits per heavy atom. The Kier molecular flexibility index (Phi) is 6.83. The molecule has 0 unspecified atom stereocenters. The average Bonchev–Trinajstić information content (AvgIpc) is 2.04. The molecule has 76 valence electrons. The molecule has 0 bridgehead atoms. The van der Waals surface area contributed by atoms with Gasteiger partial charge >= 0.3 is 0 Å². The first kappa shape index (κ1) is 13.6. The minimum Gasteiger partial charge on any atom is -0.376 e. The molecule has 0 amide bonds. The van der Waals surface area contributed by atoms with Gasteiger partial charge in [-0.05, 0) is 33.8 Å². The number of rotatable bonds is 5. The molecule has 14 heavy (non-hydrogen) atoms. The van der Waals surface area contributed by atoms with Crippen molar-refractivity contribution in [3.63, 3.8) is 0 Å². The van der Waals surface area contributed by atoms with Crippen LogP contribution in [0.1, 0.15) is 27.7 Å². The molecule has 0 aliphatic carbocycles. The van der Waals surface area contributed by atoms with Crippen LogP contribution >= 0.6 is 0 Å². The van der Waals surface area contributed by atoms with E-state index < -0.39 is 0 Å². The van der Waals surface area contributed by atoms with Crippen molar-refractivity contribution in [3.8, 4) is 0 Å². The van der Waals surface area contributed by atoms with E-state index in [-0.39, 0.29) is 0 Å². The molecule has 0 saturated carbocycles. The van der Waals surface area contributed by atoms with Crippen LogP contribution in [0.5, 0.6) is 0 Å². The molecule has 4 heteroatoms. The van der Waals surface area contributed by atoms with E-state index in [1.54, 1.807) is 0 Å². The Balaban J connectivity index is 4.56. The Bertz CT molecular complexity index is 222. The van der Waals surface area contributed by atoms with Crippen LogP contribution in [0.3, 0.4) is 0 Å². The lowest BCUT2D eigenvalue weighted by Crippen LogP contribution is -2.30. The van der Waals surface area contributed by atoms with E-state index in [1.165, 1.54) is 5.70 Å². The maximum Gasteiger partial charge on any atom is 0.0542 e. The maximum absolute atomic E-state index is 4.25. The first-order valence-corrected chi connectivity index (χ1v) is 6.19. The number of hydrogen-bond donors (Lipinski definition) is 0. The van der Waals surface area contributed by atoms with Gasteiger partial charge in [0.15, 0.2) is 0 Å². The third-order valence-electron chi connectivity index (χ3n) is 1.99. The Hall–Kier alpha value is -0.356. The van der Waals surface area contributed by atoms with Crippen molar-refractivity contribution in [2.24, 2.45) is 4.99 Å². The number of hydrogen-bond acceptors (Lipinski definition) is 2. The summed E-state index contributed by atoms with van der Waals surface area (Å²) in [6.07, 6.45) is 3.60. The second-order valence-corrected chi connectivity index (χ2v) is 4.10. The van der Waals surface area contributed by atoms with Gasteiger partial charge in [-0.3, -0.25) is 4.99 Å². The molecule has 0 N–H and O–H groups in total. The molecule has 6 radical (unpaired) electrons. The first-order chi connectivity index (χ1) is 6.52. The predicted octanol–water partition coefficient (Wildman–Crippen LogP) is 1.31. The lowest BCUT2D eigenvalue weighted by molar-refractivity contribution is 0.329. The summed E-state index contributed by atoms with van der Waals surface area (Å²) in [5.74, 6) is 0. The van der Waals surface area contributed by atoms with Gasteiger partial charge in [-0.25, -0.2) is 0 Å². The van der Waals surface area contributed by atoms with Gasteiger partial charge in [0.25, 0.3) is 0 Å². The Morgan fingerprint density at radius 3 is 2.29 bits per heavy atom. The maximum atomic E-state index is 4.25. The van der Waals surface area contributed by atoms with Crippen LogP contribution in [0.2, 0.25) is 0 Å². The average molecular weight is 222 g/mol. The lowest BCUT2D eigenvalue weighted by atomic mass is 10.2. The van der Waals surface area contributed by atoms with Crippen LogP contribution in [-0.4, -0.2) is 49.5 Å². The van der Waals surface area contributed by atoms with Crippen molar-refractivity contribution >= 4 is 26.2 Å². The van der Waals surface area contributed by atoms with Gasteiger partial charge in [-0.1, -0.05) is 0 Å². The first-order valence-electron chi connectivity index (χ1n) is 4.78. The van der Waals surface area contributed by atoms with E-state index >= 15 is 0 Å². The zero-order valence-electron chi connectivity index (χ0n) is 9.46. The monoisotopic (exact) mass is 222 g/mol. The molecule has 0 aliphatic rings. The largest absolute Gasteiger partial charge is 0.376 e. The Morgan fingerprint density at radius 1 is 1.36 bits per heavy atom. The number of aliphatic imine (C=N–C) groups is 1. The normalized spacial score (nSPS) is 13.6. The molecule has 2 nitrogen and oxygen atoms in total. The summed E-state index contributed by atoms with van der Waals surface area (Å²) in [5.41, 5.74) is 2.28. The summed E-state index contributed by atoms with van der Waals surface area (Å²) < 4.78 is 0. The minimum atomic E-state index is 0.500. The molecule has 0 spiro atoms. The molecule has 0 rings (SSSR count). The van der Waals surface area contributed by atoms with Crippen LogP contribution in [0, 0.1) is 0 Å². The van der Waals surface area contributed by atoms with Crippen molar-refractivity contribution in [1.29, 1.82) is 0 Å². The van der Waals surface area contributed by atoms with Gasteiger partial charge in [-0.2, -0.15) is 0 Å². The van der Waals surface area contributed by atoms with Crippen LogP contribution in [0.25, 0.3) is 0 Å². The summed E-state index contributed by atoms with van der Waals surface area (Å²) in [7, 11) is 6.86. The van der Waals surface area contributed by atoms with E-state index in [2.05, 4.69) is 57.2 Å². The molecule has 0 atom stereocenters. The quantitative estimate of drug-likeness (QED) is 0.506. The van der Waals surface area contributed by atoms with E-state index in [4.69, 9.17) is 0 Å². The van der Waals surface area contributed by atoms with Gasteiger partial charge in [-0.15, -0.1) is 0 Å². The SMILES string of the molecule is C/C(=C/C(C)=N/C[Si])N(C[Si])C(C)C. The standard InChI is InChI=1S/C10H18N2Si2/c1-8(2)12(7-14)10(4)5-9(3)11-6-13/h5,8H,6-7H2,1-4H3/b10-5-,11-9+. The smallest absolute Gasteiger partial charge is 0.0542 e. The molecule has 0 fully saturated rings. The van der Waals surface area contributed by atoms with E-state index in [0.717, 1.165) is 11.9 Å². The molecular formula is C10H18N2Si2. The fourth-order valence-electron chi connectivity index (χ4n) is 1.27. The minimum absolute atomic E-state index is 0.500. The highest BCUT2D eigenvalue weighted by molar-refractivity contribution is 6.10. The van der Waals surface area contributed by atoms with Crippen LogP contribution in [0.15, 0.2) is 16.8 Å². The Labute approximate surface area is 94.3 Å². The molecule has 0 heterocycles. The predicted molar refractivity (Wildman–Crippen MR) is 65.1 cm³/mol. The molecule has 0 aliphatic heterocycles. The van der Waals surface area contributed by atoms with Gasteiger partial charge in [0.05, 0.1) is 20.5 Å². The number of nitrogens with zero attached hydrogens (tertiary/aromatic N) is 2. The van der Waals surface area contributed by atoms with Crippen LogP contribution < -0.4 is 0 Å². The van der Waals surface area contributed by atoms with Gasteiger partial charge in [0.1, 0.15) is 0 Å². The zero-order chi connectivity index (χ0) is 11.1. The zero-order valence-corrected chi connectivity index (χ0v) is 11.5. The van der Waals surface area contributed by atoms with E-state index in [0.29, 0.717) is 12.2 Å². The topological polar surface area (TPSA) is 15.6 Å². The van der Waals surface area contributed by atoms with Crippen LogP contribution in [-0.2, 0) is 0 Å². The van der Waals surface area contributed by atoms with Crippen molar-refractivity contribution < 1.29 is 0 Å². The molecular weight excluding hydrogens is 204 g/mol. The molecule has 0 saturated heterocycles. The van der Waals surface area contributed by atoms with Crippen molar-refractivity contribution in [2.45, 2.75) is 33.7 Å². The van der Waals surface area contributed by atoms with Crippen molar-refractivity contribution in [1.82, 2.24) is 4.90 Å². The second-order valence-electron chi connectivity index (χ2n) is 3.46. The number of allylic oxidation sites excluding steroid dienone is 2. The van der Waals surface area contributed by atoms with Crippen LogP contribution in [0.4, 0.5) is 0 Å².